The van der Waals surface area contributed by atoms with Crippen LogP contribution < -0.4 is 20.5 Å². The van der Waals surface area contributed by atoms with E-state index in [2.05, 4.69) is 5.32 Å². The van der Waals surface area contributed by atoms with Gasteiger partial charge in [0.05, 0.1) is 20.1 Å². The fraction of sp³-hybridized carbons (Fsp3) is 0.500. The minimum Gasteiger partial charge on any atom is -0.497 e. The molecule has 7 nitrogen and oxygen atoms in total. The van der Waals surface area contributed by atoms with Crippen LogP contribution in [0.5, 0.6) is 11.5 Å². The number of carbonyl (C=O) groups is 2. The molecule has 0 saturated carbocycles. The molecule has 1 saturated heterocycles. The van der Waals surface area contributed by atoms with Gasteiger partial charge in [-0.2, -0.15) is 0 Å². The third-order valence-corrected chi connectivity index (χ3v) is 3.98. The summed E-state index contributed by atoms with van der Waals surface area (Å²) < 4.78 is 10.4. The molecule has 0 unspecified atom stereocenters. The van der Waals surface area contributed by atoms with E-state index in [1.165, 1.54) is 4.90 Å². The molecule has 1 fully saturated rings. The van der Waals surface area contributed by atoms with Crippen molar-refractivity contribution >= 4 is 11.9 Å². The fourth-order valence-electron chi connectivity index (χ4n) is 2.69. The lowest BCUT2D eigenvalue weighted by Crippen LogP contribution is -2.47. The van der Waals surface area contributed by atoms with Crippen LogP contribution in [0.1, 0.15) is 18.4 Å². The first-order valence-electron chi connectivity index (χ1n) is 7.57. The minimum atomic E-state index is -0.472. The second kappa shape index (κ2) is 7.71. The maximum Gasteiger partial charge on any atom is 0.314 e. The summed E-state index contributed by atoms with van der Waals surface area (Å²) in [6, 6.07) is 5.00. The van der Waals surface area contributed by atoms with Gasteiger partial charge in [0.2, 0.25) is 5.91 Å². The molecular formula is C16H23N3O4. The number of benzene rings is 1. The Kier molecular flexibility index (Phi) is 5.67. The zero-order chi connectivity index (χ0) is 16.8. The largest absolute Gasteiger partial charge is 0.497 e. The molecule has 0 bridgehead atoms. The van der Waals surface area contributed by atoms with Crippen molar-refractivity contribution in [3.8, 4) is 11.5 Å². The standard InChI is InChI=1S/C16H23N3O4/c1-22-13-6-11(7-14(8-13)23-2)9-18-15(20)12-4-3-5-19(10-12)16(17)21/h6-8,12H,3-5,9-10H2,1-2H3,(H2,17,21)(H,18,20)/t12-/m0/s1. The van der Waals surface area contributed by atoms with Crippen molar-refractivity contribution < 1.29 is 19.1 Å². The smallest absolute Gasteiger partial charge is 0.314 e. The van der Waals surface area contributed by atoms with Crippen LogP contribution in [0.25, 0.3) is 0 Å². The number of hydrogen-bond donors (Lipinski definition) is 2. The van der Waals surface area contributed by atoms with Crippen molar-refractivity contribution in [2.45, 2.75) is 19.4 Å². The number of nitrogens with zero attached hydrogens (tertiary/aromatic N) is 1. The molecule has 0 radical (unpaired) electrons. The van der Waals surface area contributed by atoms with Crippen LogP contribution in [0.4, 0.5) is 4.79 Å². The van der Waals surface area contributed by atoms with Crippen molar-refractivity contribution in [3.05, 3.63) is 23.8 Å². The van der Waals surface area contributed by atoms with Gasteiger partial charge >= 0.3 is 6.03 Å². The van der Waals surface area contributed by atoms with E-state index in [9.17, 15) is 9.59 Å². The Morgan fingerprint density at radius 2 is 1.91 bits per heavy atom. The number of urea groups is 1. The Bertz CT molecular complexity index is 554. The van der Waals surface area contributed by atoms with Gasteiger partial charge in [0, 0.05) is 25.7 Å². The first kappa shape index (κ1) is 16.9. The summed E-state index contributed by atoms with van der Waals surface area (Å²) in [6.45, 7) is 1.37. The van der Waals surface area contributed by atoms with Crippen LogP contribution in [-0.4, -0.2) is 44.1 Å². The van der Waals surface area contributed by atoms with E-state index in [1.54, 1.807) is 20.3 Å². The number of likely N-dealkylation sites (tertiary alicyclic amines) is 1. The van der Waals surface area contributed by atoms with Gasteiger partial charge in [-0.25, -0.2) is 4.79 Å². The van der Waals surface area contributed by atoms with Crippen molar-refractivity contribution in [1.29, 1.82) is 0 Å². The molecule has 23 heavy (non-hydrogen) atoms. The number of piperidine rings is 1. The number of amides is 3. The van der Waals surface area contributed by atoms with Gasteiger partial charge in [0.25, 0.3) is 0 Å². The van der Waals surface area contributed by atoms with Crippen LogP contribution in [0.2, 0.25) is 0 Å². The van der Waals surface area contributed by atoms with Gasteiger partial charge in [-0.3, -0.25) is 4.79 Å². The predicted octanol–water partition coefficient (Wildman–Crippen LogP) is 1.11. The molecule has 1 atom stereocenters. The van der Waals surface area contributed by atoms with Gasteiger partial charge in [-0.05, 0) is 30.5 Å². The molecule has 0 spiro atoms. The number of rotatable bonds is 5. The average Bonchev–Trinajstić information content (AvgIpc) is 2.59. The van der Waals surface area contributed by atoms with Gasteiger partial charge < -0.3 is 25.4 Å². The molecular weight excluding hydrogens is 298 g/mol. The lowest BCUT2D eigenvalue weighted by Gasteiger charge is -2.30. The number of nitrogens with two attached hydrogens (primary N) is 1. The summed E-state index contributed by atoms with van der Waals surface area (Å²) in [4.78, 5) is 25.0. The molecule has 126 valence electrons. The second-order valence-corrected chi connectivity index (χ2v) is 5.56. The molecule has 1 aliphatic heterocycles. The highest BCUT2D eigenvalue weighted by molar-refractivity contribution is 5.80. The summed E-state index contributed by atoms with van der Waals surface area (Å²) in [7, 11) is 3.16. The molecule has 1 aliphatic rings. The van der Waals surface area contributed by atoms with E-state index in [4.69, 9.17) is 15.2 Å². The van der Waals surface area contributed by atoms with Gasteiger partial charge in [0.1, 0.15) is 11.5 Å². The SMILES string of the molecule is COc1cc(CNC(=O)[C@H]2CCCN(C(N)=O)C2)cc(OC)c1. The van der Waals surface area contributed by atoms with E-state index >= 15 is 0 Å². The maximum atomic E-state index is 12.3. The first-order chi connectivity index (χ1) is 11.0. The Balaban J connectivity index is 1.95. The van der Waals surface area contributed by atoms with Crippen LogP contribution in [0.15, 0.2) is 18.2 Å². The van der Waals surface area contributed by atoms with E-state index in [-0.39, 0.29) is 11.8 Å². The van der Waals surface area contributed by atoms with Gasteiger partial charge in [-0.1, -0.05) is 0 Å². The zero-order valence-corrected chi connectivity index (χ0v) is 13.5. The van der Waals surface area contributed by atoms with E-state index < -0.39 is 6.03 Å². The van der Waals surface area contributed by atoms with E-state index in [0.717, 1.165) is 18.4 Å². The van der Waals surface area contributed by atoms with E-state index in [0.29, 0.717) is 31.1 Å². The van der Waals surface area contributed by atoms with Crippen LogP contribution in [0.3, 0.4) is 0 Å². The number of hydrogen-bond acceptors (Lipinski definition) is 4. The zero-order valence-electron chi connectivity index (χ0n) is 13.5. The first-order valence-corrected chi connectivity index (χ1v) is 7.57. The highest BCUT2D eigenvalue weighted by atomic mass is 16.5. The minimum absolute atomic E-state index is 0.0715. The lowest BCUT2D eigenvalue weighted by molar-refractivity contribution is -0.126. The van der Waals surface area contributed by atoms with Crippen molar-refractivity contribution in [1.82, 2.24) is 10.2 Å². The van der Waals surface area contributed by atoms with E-state index in [1.807, 2.05) is 12.1 Å². The third kappa shape index (κ3) is 4.51. The molecule has 7 heteroatoms. The average molecular weight is 321 g/mol. The highest BCUT2D eigenvalue weighted by Crippen LogP contribution is 2.22. The molecule has 3 N–H and O–H groups in total. The van der Waals surface area contributed by atoms with Crippen molar-refractivity contribution in [3.63, 3.8) is 0 Å². The Morgan fingerprint density at radius 1 is 1.26 bits per heavy atom. The lowest BCUT2D eigenvalue weighted by atomic mass is 9.97. The number of carbonyl (C=O) groups excluding carboxylic acids is 2. The maximum absolute atomic E-state index is 12.3. The molecule has 1 aromatic carbocycles. The number of primary amides is 1. The van der Waals surface area contributed by atoms with Crippen molar-refractivity contribution in [2.75, 3.05) is 27.3 Å². The number of methoxy groups -OCH3 is 2. The predicted molar refractivity (Wildman–Crippen MR) is 85.3 cm³/mol. The Hall–Kier alpha value is -2.44. The monoisotopic (exact) mass is 321 g/mol. The van der Waals surface area contributed by atoms with Crippen LogP contribution >= 0.6 is 0 Å². The molecule has 0 aromatic heterocycles. The Labute approximate surface area is 135 Å². The Morgan fingerprint density at radius 3 is 2.48 bits per heavy atom. The van der Waals surface area contributed by atoms with Gasteiger partial charge in [-0.15, -0.1) is 0 Å². The third-order valence-electron chi connectivity index (χ3n) is 3.98. The van der Waals surface area contributed by atoms with Crippen molar-refractivity contribution in [2.24, 2.45) is 11.7 Å². The molecule has 0 aliphatic carbocycles. The normalized spacial score (nSPS) is 17.5. The summed E-state index contributed by atoms with van der Waals surface area (Å²) >= 11 is 0. The summed E-state index contributed by atoms with van der Waals surface area (Å²) in [5, 5.41) is 2.90. The summed E-state index contributed by atoms with van der Waals surface area (Å²) in [5.41, 5.74) is 6.17. The molecule has 1 heterocycles. The topological polar surface area (TPSA) is 93.9 Å². The van der Waals surface area contributed by atoms with Crippen LogP contribution in [-0.2, 0) is 11.3 Å². The van der Waals surface area contributed by atoms with Crippen LogP contribution in [0, 0.1) is 5.92 Å². The quantitative estimate of drug-likeness (QED) is 0.849. The second-order valence-electron chi connectivity index (χ2n) is 5.56. The van der Waals surface area contributed by atoms with Gasteiger partial charge in [0.15, 0.2) is 0 Å². The number of ether oxygens (including phenoxy) is 2. The fourth-order valence-corrected chi connectivity index (χ4v) is 2.69. The molecule has 1 aromatic rings. The summed E-state index contributed by atoms with van der Waals surface area (Å²) in [5.74, 6) is 1.05. The summed E-state index contributed by atoms with van der Waals surface area (Å²) in [6.07, 6.45) is 1.55. The number of nitrogens with one attached hydrogen (secondary N) is 1. The molecule has 3 amide bonds. The molecule has 2 rings (SSSR count). The highest BCUT2D eigenvalue weighted by Gasteiger charge is 2.27.